The Bertz CT molecular complexity index is 427. The van der Waals surface area contributed by atoms with E-state index in [1.54, 1.807) is 0 Å². The van der Waals surface area contributed by atoms with Crippen molar-refractivity contribution in [3.8, 4) is 12.3 Å². The molecule has 3 aliphatic rings. The largest absolute Gasteiger partial charge is 0.371 e. The lowest BCUT2D eigenvalue weighted by molar-refractivity contribution is -0.136. The molecule has 0 aromatic carbocycles. The minimum Gasteiger partial charge on any atom is -0.371 e. The van der Waals surface area contributed by atoms with Crippen molar-refractivity contribution in [2.24, 2.45) is 0 Å². The summed E-state index contributed by atoms with van der Waals surface area (Å²) < 4.78 is 18.2. The van der Waals surface area contributed by atoms with E-state index in [1.165, 1.54) is 0 Å². The second-order valence-corrected chi connectivity index (χ2v) is 9.31. The predicted molar refractivity (Wildman–Crippen MR) is 92.5 cm³/mol. The maximum absolute atomic E-state index is 6.28. The summed E-state index contributed by atoms with van der Waals surface area (Å²) in [6.07, 6.45) is 8.62. The van der Waals surface area contributed by atoms with Crippen molar-refractivity contribution in [2.45, 2.75) is 77.3 Å². The zero-order valence-electron chi connectivity index (χ0n) is 11.8. The number of rotatable bonds is 3. The molecule has 2 bridgehead atoms. The zero-order valence-corrected chi connectivity index (χ0v) is 16.5. The maximum Gasteiger partial charge on any atom is 0.144 e. The fraction of sp³-hybridized carbons (Fsp3) is 0.867. The van der Waals surface area contributed by atoms with Gasteiger partial charge in [-0.25, -0.2) is 0 Å². The molecular weight excluding hydrogens is 468 g/mol. The van der Waals surface area contributed by atoms with Gasteiger partial charge in [-0.2, -0.15) is 0 Å². The molecule has 0 amide bonds. The van der Waals surface area contributed by atoms with Gasteiger partial charge in [0, 0.05) is 16.1 Å². The topological polar surface area (TPSA) is 27.7 Å². The summed E-state index contributed by atoms with van der Waals surface area (Å²) in [5, 5.41) is 0. The van der Waals surface area contributed by atoms with Crippen molar-refractivity contribution in [1.82, 2.24) is 0 Å². The van der Waals surface area contributed by atoms with Crippen LogP contribution in [0.15, 0.2) is 0 Å². The Morgan fingerprint density at radius 1 is 1.10 bits per heavy atom. The average molecular weight is 487 g/mol. The standard InChI is InChI=1S/C15H19Br3O3/c1-3-9-7(16)5-8(17)14(20-9)13(18)15-12-6-11(21-15)10(4-2)19-12/h2,7-15H,3,5-6H2,1H3. The monoisotopic (exact) mass is 484 g/mol. The van der Waals surface area contributed by atoms with Gasteiger partial charge in [-0.3, -0.25) is 0 Å². The van der Waals surface area contributed by atoms with E-state index >= 15 is 0 Å². The Labute approximate surface area is 151 Å². The summed E-state index contributed by atoms with van der Waals surface area (Å²) in [5.41, 5.74) is 0. The number of alkyl halides is 3. The maximum atomic E-state index is 6.28. The van der Waals surface area contributed by atoms with Gasteiger partial charge >= 0.3 is 0 Å². The van der Waals surface area contributed by atoms with Gasteiger partial charge in [-0.05, 0) is 12.8 Å². The molecule has 0 spiro atoms. The van der Waals surface area contributed by atoms with Crippen molar-refractivity contribution in [3.05, 3.63) is 0 Å². The molecule has 0 aromatic heterocycles. The molecule has 0 radical (unpaired) electrons. The normalized spacial score (nSPS) is 50.8. The first kappa shape index (κ1) is 16.7. The minimum atomic E-state index is -0.187. The highest BCUT2D eigenvalue weighted by atomic mass is 79.9. The summed E-state index contributed by atoms with van der Waals surface area (Å²) in [5.74, 6) is 2.66. The Balaban J connectivity index is 1.66. The van der Waals surface area contributed by atoms with Crippen molar-refractivity contribution in [1.29, 1.82) is 0 Å². The SMILES string of the molecule is C#CC1OC2CC1OC2C(Br)C1OC(CC)C(Br)CC1Br. The molecule has 3 rings (SSSR count). The van der Waals surface area contributed by atoms with Crippen LogP contribution in [-0.4, -0.2) is 51.1 Å². The van der Waals surface area contributed by atoms with Crippen molar-refractivity contribution < 1.29 is 14.2 Å². The van der Waals surface area contributed by atoms with Crippen LogP contribution in [0.4, 0.5) is 0 Å². The van der Waals surface area contributed by atoms with E-state index in [4.69, 9.17) is 20.6 Å². The van der Waals surface area contributed by atoms with Crippen LogP contribution in [0.1, 0.15) is 26.2 Å². The van der Waals surface area contributed by atoms with Gasteiger partial charge in [0.05, 0.1) is 35.3 Å². The number of ether oxygens (including phenoxy) is 3. The molecule has 9 unspecified atom stereocenters. The lowest BCUT2D eigenvalue weighted by atomic mass is 9.96. The molecule has 0 aliphatic carbocycles. The van der Waals surface area contributed by atoms with Gasteiger partial charge in [0.2, 0.25) is 0 Å². The quantitative estimate of drug-likeness (QED) is 0.452. The molecular formula is C15H19Br3O3. The zero-order chi connectivity index (χ0) is 15.1. The fourth-order valence-electron chi connectivity index (χ4n) is 3.43. The van der Waals surface area contributed by atoms with Crippen LogP contribution in [0.2, 0.25) is 0 Å². The summed E-state index contributed by atoms with van der Waals surface area (Å²) in [4.78, 5) is 0.788. The third-order valence-corrected chi connectivity index (χ3v) is 7.46. The molecule has 3 saturated heterocycles. The van der Waals surface area contributed by atoms with Crippen LogP contribution in [0, 0.1) is 12.3 Å². The molecule has 3 nitrogen and oxygen atoms in total. The molecule has 3 heterocycles. The molecule has 0 saturated carbocycles. The first-order chi connectivity index (χ1) is 10.0. The van der Waals surface area contributed by atoms with Gasteiger partial charge < -0.3 is 14.2 Å². The highest BCUT2D eigenvalue weighted by molar-refractivity contribution is 9.10. The lowest BCUT2D eigenvalue weighted by Crippen LogP contribution is -2.52. The number of terminal acetylenes is 1. The first-order valence-corrected chi connectivity index (χ1v) is 10.1. The summed E-state index contributed by atoms with van der Waals surface area (Å²) in [7, 11) is 0. The van der Waals surface area contributed by atoms with Gasteiger partial charge in [0.25, 0.3) is 0 Å². The van der Waals surface area contributed by atoms with Crippen LogP contribution >= 0.6 is 47.8 Å². The minimum absolute atomic E-state index is 0.00836. The molecule has 21 heavy (non-hydrogen) atoms. The molecule has 9 atom stereocenters. The summed E-state index contributed by atoms with van der Waals surface area (Å²) in [6, 6.07) is 0. The van der Waals surface area contributed by atoms with E-state index in [2.05, 4.69) is 60.6 Å². The van der Waals surface area contributed by atoms with Gasteiger partial charge in [-0.1, -0.05) is 60.6 Å². The Kier molecular flexibility index (Phi) is 5.40. The molecule has 118 valence electrons. The van der Waals surface area contributed by atoms with Crippen molar-refractivity contribution in [3.63, 3.8) is 0 Å². The number of hydrogen-bond acceptors (Lipinski definition) is 3. The Morgan fingerprint density at radius 3 is 2.43 bits per heavy atom. The van der Waals surface area contributed by atoms with Crippen LogP contribution in [-0.2, 0) is 14.2 Å². The average Bonchev–Trinajstić information content (AvgIpc) is 3.06. The Hall–Kier alpha value is 0.880. The highest BCUT2D eigenvalue weighted by Crippen LogP contribution is 2.42. The van der Waals surface area contributed by atoms with Gasteiger partial charge in [0.1, 0.15) is 6.10 Å². The predicted octanol–water partition coefficient (Wildman–Crippen LogP) is 3.40. The third kappa shape index (κ3) is 3.12. The Morgan fingerprint density at radius 2 is 1.86 bits per heavy atom. The second-order valence-electron chi connectivity index (χ2n) is 5.90. The highest BCUT2D eigenvalue weighted by Gasteiger charge is 2.53. The number of hydrogen-bond donors (Lipinski definition) is 0. The molecule has 3 fully saturated rings. The fourth-order valence-corrected chi connectivity index (χ4v) is 7.05. The smallest absolute Gasteiger partial charge is 0.144 e. The molecule has 3 aliphatic heterocycles. The van der Waals surface area contributed by atoms with Crippen LogP contribution in [0.25, 0.3) is 0 Å². The van der Waals surface area contributed by atoms with E-state index in [0.717, 1.165) is 19.3 Å². The van der Waals surface area contributed by atoms with E-state index in [-0.39, 0.29) is 41.5 Å². The van der Waals surface area contributed by atoms with Crippen molar-refractivity contribution >= 4 is 47.8 Å². The van der Waals surface area contributed by atoms with E-state index in [1.807, 2.05) is 0 Å². The second kappa shape index (κ2) is 6.78. The van der Waals surface area contributed by atoms with E-state index in [0.29, 0.717) is 9.65 Å². The number of fused-ring (bicyclic) bond motifs is 2. The number of halogens is 3. The molecule has 0 N–H and O–H groups in total. The summed E-state index contributed by atoms with van der Waals surface area (Å²) in [6.45, 7) is 2.16. The summed E-state index contributed by atoms with van der Waals surface area (Å²) >= 11 is 11.3. The first-order valence-electron chi connectivity index (χ1n) is 7.39. The van der Waals surface area contributed by atoms with Gasteiger partial charge in [-0.15, -0.1) is 6.42 Å². The van der Waals surface area contributed by atoms with E-state index < -0.39 is 0 Å². The van der Waals surface area contributed by atoms with Gasteiger partial charge in [0.15, 0.2) is 0 Å². The molecule has 0 aromatic rings. The van der Waals surface area contributed by atoms with E-state index in [9.17, 15) is 0 Å². The van der Waals surface area contributed by atoms with Crippen molar-refractivity contribution in [2.75, 3.05) is 0 Å². The third-order valence-electron chi connectivity index (χ3n) is 4.56. The molecule has 6 heteroatoms. The lowest BCUT2D eigenvalue weighted by Gasteiger charge is -2.42. The van der Waals surface area contributed by atoms with Crippen LogP contribution in [0.5, 0.6) is 0 Å². The van der Waals surface area contributed by atoms with Crippen LogP contribution < -0.4 is 0 Å². The van der Waals surface area contributed by atoms with Crippen LogP contribution in [0.3, 0.4) is 0 Å².